The Kier molecular flexibility index (Phi) is 7.23. The molecule has 0 rings (SSSR count). The second-order valence-electron chi connectivity index (χ2n) is 3.36. The predicted octanol–water partition coefficient (Wildman–Crippen LogP) is -0.00200. The number of hydrogen-bond donors (Lipinski definition) is 2. The highest BCUT2D eigenvalue weighted by Crippen LogP contribution is 1.99. The molecule has 86 valence electrons. The summed E-state index contributed by atoms with van der Waals surface area (Å²) in [5.74, 6) is -0.213. The Bertz CT molecular complexity index is 239. The number of hydrogen-bond acceptors (Lipinski definition) is 3. The Labute approximate surface area is 89.6 Å². The van der Waals surface area contributed by atoms with E-state index in [0.717, 1.165) is 0 Å². The van der Waals surface area contributed by atoms with Crippen LogP contribution >= 0.6 is 0 Å². The fraction of sp³-hybridized carbons (Fsp3) is 0.700. The van der Waals surface area contributed by atoms with E-state index < -0.39 is 0 Å². The van der Waals surface area contributed by atoms with Gasteiger partial charge in [-0.1, -0.05) is 0 Å². The number of unbranched alkanes of at least 4 members (excludes halogenated alkanes) is 1. The smallest absolute Gasteiger partial charge is 0.220 e. The maximum absolute atomic E-state index is 11.1. The highest BCUT2D eigenvalue weighted by molar-refractivity contribution is 5.84. The minimum absolute atomic E-state index is 0.0147. The molecule has 0 aliphatic heterocycles. The molecule has 0 unspecified atom stereocenters. The van der Waals surface area contributed by atoms with Crippen molar-refractivity contribution in [2.24, 2.45) is 0 Å². The maximum Gasteiger partial charge on any atom is 0.220 e. The van der Waals surface area contributed by atoms with Gasteiger partial charge in [-0.25, -0.2) is 0 Å². The monoisotopic (exact) mass is 214 g/mol. The Balaban J connectivity index is 3.39. The summed E-state index contributed by atoms with van der Waals surface area (Å²) in [6.45, 7) is 1.51. The van der Waals surface area contributed by atoms with Crippen LogP contribution < -0.4 is 10.6 Å². The van der Waals surface area contributed by atoms with Crippen LogP contribution in [0.5, 0.6) is 0 Å². The Morgan fingerprint density at radius 1 is 1.00 bits per heavy atom. The summed E-state index contributed by atoms with van der Waals surface area (Å²) in [7, 11) is 1.59. The van der Waals surface area contributed by atoms with E-state index in [1.54, 1.807) is 7.05 Å². The molecule has 0 bridgehead atoms. The molecule has 0 saturated carbocycles. The molecule has 0 aromatic rings. The molecule has 5 nitrogen and oxygen atoms in total. The number of rotatable bonds is 7. The summed E-state index contributed by atoms with van der Waals surface area (Å²) < 4.78 is 0. The summed E-state index contributed by atoms with van der Waals surface area (Å²) in [6.07, 6.45) is 2.16. The average Bonchev–Trinajstić information content (AvgIpc) is 2.21. The van der Waals surface area contributed by atoms with Gasteiger partial charge in [0.05, 0.1) is 6.54 Å². The van der Waals surface area contributed by atoms with Gasteiger partial charge >= 0.3 is 0 Å². The molecule has 0 radical (unpaired) electrons. The van der Waals surface area contributed by atoms with Crippen molar-refractivity contribution in [3.63, 3.8) is 0 Å². The molecule has 0 aliphatic rings. The van der Waals surface area contributed by atoms with Crippen molar-refractivity contribution in [2.45, 2.75) is 32.6 Å². The van der Waals surface area contributed by atoms with Crippen molar-refractivity contribution in [1.29, 1.82) is 0 Å². The molecule has 5 heteroatoms. The second-order valence-corrected chi connectivity index (χ2v) is 3.36. The molecule has 0 fully saturated rings. The minimum Gasteiger partial charge on any atom is -0.359 e. The van der Waals surface area contributed by atoms with Crippen LogP contribution in [0, 0.1) is 0 Å². The van der Waals surface area contributed by atoms with E-state index in [-0.39, 0.29) is 24.1 Å². The maximum atomic E-state index is 11.1. The molecule has 2 amide bonds. The molecular formula is C10H18N2O3. The molecule has 0 aromatic heterocycles. The first kappa shape index (κ1) is 13.6. The number of Topliss-reactive ketones (excluding diaryl/α,β-unsaturated/α-hetero) is 1. The molecule has 0 saturated heterocycles. The van der Waals surface area contributed by atoms with E-state index in [1.807, 2.05) is 0 Å². The predicted molar refractivity (Wildman–Crippen MR) is 56.2 cm³/mol. The first-order valence-electron chi connectivity index (χ1n) is 5.03. The summed E-state index contributed by atoms with van der Waals surface area (Å²) in [4.78, 5) is 32.5. The molecule has 0 heterocycles. The van der Waals surface area contributed by atoms with Crippen LogP contribution in [0.15, 0.2) is 0 Å². The van der Waals surface area contributed by atoms with Crippen LogP contribution in [-0.4, -0.2) is 31.2 Å². The van der Waals surface area contributed by atoms with Gasteiger partial charge in [0, 0.05) is 19.9 Å². The number of ketones is 1. The summed E-state index contributed by atoms with van der Waals surface area (Å²) in [5.41, 5.74) is 0. The average molecular weight is 214 g/mol. The Morgan fingerprint density at radius 3 is 2.00 bits per heavy atom. The Hall–Kier alpha value is -1.39. The van der Waals surface area contributed by atoms with Crippen molar-refractivity contribution >= 4 is 17.6 Å². The van der Waals surface area contributed by atoms with E-state index in [0.29, 0.717) is 25.7 Å². The quantitative estimate of drug-likeness (QED) is 0.586. The minimum atomic E-state index is -0.137. The number of carbonyl (C=O) groups excluding carboxylic acids is 3. The molecule has 0 atom stereocenters. The van der Waals surface area contributed by atoms with Gasteiger partial charge < -0.3 is 10.6 Å². The number of amides is 2. The summed E-state index contributed by atoms with van der Waals surface area (Å²) >= 11 is 0. The number of carbonyl (C=O) groups is 3. The van der Waals surface area contributed by atoms with E-state index in [4.69, 9.17) is 0 Å². The SMILES string of the molecule is CNC(=O)CCCCC(=O)NCC(C)=O. The van der Waals surface area contributed by atoms with E-state index >= 15 is 0 Å². The molecule has 0 aromatic carbocycles. The van der Waals surface area contributed by atoms with Crippen molar-refractivity contribution in [1.82, 2.24) is 10.6 Å². The topological polar surface area (TPSA) is 75.3 Å². The lowest BCUT2D eigenvalue weighted by Crippen LogP contribution is -2.28. The largest absolute Gasteiger partial charge is 0.359 e. The van der Waals surface area contributed by atoms with Gasteiger partial charge in [0.25, 0.3) is 0 Å². The number of nitrogens with one attached hydrogen (secondary N) is 2. The summed E-state index contributed by atoms with van der Waals surface area (Å²) in [5, 5.41) is 5.00. The van der Waals surface area contributed by atoms with Gasteiger partial charge in [-0.15, -0.1) is 0 Å². The zero-order valence-electron chi connectivity index (χ0n) is 9.26. The van der Waals surface area contributed by atoms with E-state index in [1.165, 1.54) is 6.92 Å². The van der Waals surface area contributed by atoms with Gasteiger partial charge in [-0.05, 0) is 19.8 Å². The highest BCUT2D eigenvalue weighted by atomic mass is 16.2. The standard InChI is InChI=1S/C10H18N2O3/c1-8(13)7-12-10(15)6-4-3-5-9(14)11-2/h3-7H2,1-2H3,(H,11,14)(H,12,15). The van der Waals surface area contributed by atoms with Crippen molar-refractivity contribution < 1.29 is 14.4 Å². The fourth-order valence-electron chi connectivity index (χ4n) is 1.01. The van der Waals surface area contributed by atoms with Crippen molar-refractivity contribution in [2.75, 3.05) is 13.6 Å². The molecule has 0 aliphatic carbocycles. The zero-order chi connectivity index (χ0) is 11.7. The van der Waals surface area contributed by atoms with Gasteiger partial charge in [0.15, 0.2) is 0 Å². The van der Waals surface area contributed by atoms with Crippen LogP contribution in [0.4, 0.5) is 0 Å². The van der Waals surface area contributed by atoms with E-state index in [2.05, 4.69) is 10.6 Å². The van der Waals surface area contributed by atoms with Gasteiger partial charge in [0.2, 0.25) is 11.8 Å². The Morgan fingerprint density at radius 2 is 1.53 bits per heavy atom. The van der Waals surface area contributed by atoms with Crippen molar-refractivity contribution in [3.8, 4) is 0 Å². The van der Waals surface area contributed by atoms with Crippen LogP contribution in [0.1, 0.15) is 32.6 Å². The van der Waals surface area contributed by atoms with Gasteiger partial charge in [-0.2, -0.15) is 0 Å². The summed E-state index contributed by atoms with van der Waals surface area (Å²) in [6, 6.07) is 0. The van der Waals surface area contributed by atoms with Crippen molar-refractivity contribution in [3.05, 3.63) is 0 Å². The normalized spacial score (nSPS) is 9.47. The third kappa shape index (κ3) is 8.93. The second kappa shape index (κ2) is 7.96. The van der Waals surface area contributed by atoms with E-state index in [9.17, 15) is 14.4 Å². The third-order valence-corrected chi connectivity index (χ3v) is 1.87. The van der Waals surface area contributed by atoms with Crippen LogP contribution in [0.25, 0.3) is 0 Å². The first-order valence-corrected chi connectivity index (χ1v) is 5.03. The van der Waals surface area contributed by atoms with Crippen LogP contribution in [0.2, 0.25) is 0 Å². The molecule has 2 N–H and O–H groups in total. The lowest BCUT2D eigenvalue weighted by Gasteiger charge is -2.02. The highest BCUT2D eigenvalue weighted by Gasteiger charge is 2.03. The molecular weight excluding hydrogens is 196 g/mol. The molecule has 0 spiro atoms. The lowest BCUT2D eigenvalue weighted by molar-refractivity contribution is -0.124. The zero-order valence-corrected chi connectivity index (χ0v) is 9.26. The first-order chi connectivity index (χ1) is 7.06. The fourth-order valence-corrected chi connectivity index (χ4v) is 1.01. The van der Waals surface area contributed by atoms with Crippen LogP contribution in [-0.2, 0) is 14.4 Å². The van der Waals surface area contributed by atoms with Crippen LogP contribution in [0.3, 0.4) is 0 Å². The van der Waals surface area contributed by atoms with Gasteiger partial charge in [0.1, 0.15) is 5.78 Å². The molecule has 15 heavy (non-hydrogen) atoms. The van der Waals surface area contributed by atoms with Gasteiger partial charge in [-0.3, -0.25) is 14.4 Å². The lowest BCUT2D eigenvalue weighted by atomic mass is 10.2. The third-order valence-electron chi connectivity index (χ3n) is 1.87.